The van der Waals surface area contributed by atoms with Crippen molar-refractivity contribution < 1.29 is 13.9 Å². The van der Waals surface area contributed by atoms with E-state index in [0.29, 0.717) is 37.7 Å². The number of fused-ring (bicyclic) bond motifs is 1. The Kier molecular flexibility index (Phi) is 3.03. The zero-order valence-electron chi connectivity index (χ0n) is 10.9. The molecule has 0 aliphatic carbocycles. The summed E-state index contributed by atoms with van der Waals surface area (Å²) in [6.07, 6.45) is 0.831. The first-order valence-electron chi connectivity index (χ1n) is 6.39. The summed E-state index contributed by atoms with van der Waals surface area (Å²) in [6, 6.07) is 4.63. The molecule has 4 nitrogen and oxygen atoms in total. The number of hydrogen-bond donors (Lipinski definition) is 1. The lowest BCUT2D eigenvalue weighted by Gasteiger charge is -2.31. The quantitative estimate of drug-likeness (QED) is 0.905. The molecule has 0 aromatic heterocycles. The van der Waals surface area contributed by atoms with Crippen LogP contribution < -0.4 is 0 Å². The minimum absolute atomic E-state index is 0.295. The number of rotatable bonds is 3. The molecule has 1 aromatic carbocycles. The molecule has 1 saturated heterocycles. The number of ether oxygens (including phenoxy) is 2. The highest BCUT2D eigenvalue weighted by Crippen LogP contribution is 2.29. The molecular formula is C14H17FN2O2. The average Bonchev–Trinajstić information content (AvgIpc) is 2.98. The van der Waals surface area contributed by atoms with Crippen molar-refractivity contribution in [2.75, 3.05) is 26.9 Å². The minimum Gasteiger partial charge on any atom is -0.378 e. The number of nitrogens with zero attached hydrogens (tertiary/aromatic N) is 1. The number of amidine groups is 1. The number of halogens is 1. The second-order valence-electron chi connectivity index (χ2n) is 5.20. The van der Waals surface area contributed by atoms with Crippen molar-refractivity contribution in [3.63, 3.8) is 0 Å². The van der Waals surface area contributed by atoms with Crippen LogP contribution in [-0.4, -0.2) is 43.2 Å². The van der Waals surface area contributed by atoms with Crippen molar-refractivity contribution >= 4 is 5.84 Å². The van der Waals surface area contributed by atoms with Gasteiger partial charge in [-0.15, -0.1) is 0 Å². The molecule has 1 N–H and O–H groups in total. The van der Waals surface area contributed by atoms with Gasteiger partial charge in [-0.2, -0.15) is 0 Å². The van der Waals surface area contributed by atoms with Gasteiger partial charge in [-0.25, -0.2) is 4.39 Å². The van der Waals surface area contributed by atoms with Gasteiger partial charge in [0.05, 0.1) is 13.2 Å². The van der Waals surface area contributed by atoms with Crippen molar-refractivity contribution in [2.45, 2.75) is 18.6 Å². The maximum absolute atomic E-state index is 13.2. The predicted octanol–water partition coefficient (Wildman–Crippen LogP) is 1.77. The van der Waals surface area contributed by atoms with Gasteiger partial charge < -0.3 is 14.4 Å². The lowest BCUT2D eigenvalue weighted by atomic mass is 10.0. The lowest BCUT2D eigenvalue weighted by Crippen LogP contribution is -2.45. The van der Waals surface area contributed by atoms with E-state index < -0.39 is 0 Å². The van der Waals surface area contributed by atoms with E-state index in [1.54, 1.807) is 13.2 Å². The maximum Gasteiger partial charge on any atom is 0.128 e. The Morgan fingerprint density at radius 1 is 1.53 bits per heavy atom. The zero-order chi connectivity index (χ0) is 13.5. The first-order valence-corrected chi connectivity index (χ1v) is 6.39. The maximum atomic E-state index is 13.2. The number of nitrogens with one attached hydrogen (secondary N) is 1. The second-order valence-corrected chi connectivity index (χ2v) is 5.20. The summed E-state index contributed by atoms with van der Waals surface area (Å²) in [5, 5.41) is 8.17. The first-order chi connectivity index (χ1) is 9.13. The monoisotopic (exact) mass is 264 g/mol. The van der Waals surface area contributed by atoms with Gasteiger partial charge in [0.25, 0.3) is 0 Å². The van der Waals surface area contributed by atoms with Crippen molar-refractivity contribution in [3.05, 3.63) is 35.1 Å². The average molecular weight is 264 g/mol. The summed E-state index contributed by atoms with van der Waals surface area (Å²) in [6.45, 7) is 2.49. The van der Waals surface area contributed by atoms with Crippen molar-refractivity contribution in [1.29, 1.82) is 5.41 Å². The van der Waals surface area contributed by atoms with E-state index in [0.717, 1.165) is 12.0 Å². The van der Waals surface area contributed by atoms with E-state index in [1.807, 2.05) is 4.90 Å². The number of hydrogen-bond acceptors (Lipinski definition) is 3. The molecule has 102 valence electrons. The van der Waals surface area contributed by atoms with Crippen LogP contribution in [0.1, 0.15) is 17.5 Å². The third-order valence-corrected chi connectivity index (χ3v) is 3.98. The highest BCUT2D eigenvalue weighted by atomic mass is 19.1. The summed E-state index contributed by atoms with van der Waals surface area (Å²) in [5.41, 5.74) is 1.34. The second kappa shape index (κ2) is 4.58. The molecular weight excluding hydrogens is 247 g/mol. The molecule has 19 heavy (non-hydrogen) atoms. The largest absolute Gasteiger partial charge is 0.378 e. The van der Waals surface area contributed by atoms with E-state index >= 15 is 0 Å². The first kappa shape index (κ1) is 12.6. The zero-order valence-corrected chi connectivity index (χ0v) is 10.9. The highest BCUT2D eigenvalue weighted by Gasteiger charge is 2.39. The Bertz CT molecular complexity index is 512. The smallest absolute Gasteiger partial charge is 0.128 e. The van der Waals surface area contributed by atoms with Gasteiger partial charge in [0.15, 0.2) is 0 Å². The molecule has 3 rings (SSSR count). The van der Waals surface area contributed by atoms with Crippen molar-refractivity contribution in [1.82, 2.24) is 4.90 Å². The third kappa shape index (κ3) is 2.13. The predicted molar refractivity (Wildman–Crippen MR) is 68.8 cm³/mol. The number of methoxy groups -OCH3 is 1. The highest BCUT2D eigenvalue weighted by molar-refractivity contribution is 6.00. The van der Waals surface area contributed by atoms with Crippen LogP contribution in [0.5, 0.6) is 0 Å². The molecule has 1 fully saturated rings. The lowest BCUT2D eigenvalue weighted by molar-refractivity contribution is -0.0303. The van der Waals surface area contributed by atoms with E-state index in [2.05, 4.69) is 0 Å². The standard InChI is InChI=1S/C14H17FN2O2/c1-18-14(4-5-19-9-14)8-17-7-10-2-3-11(15)6-12(10)13(17)16/h2-3,6,16H,4-5,7-9H2,1H3. The van der Waals surface area contributed by atoms with Crippen LogP contribution in [0.15, 0.2) is 18.2 Å². The summed E-state index contributed by atoms with van der Waals surface area (Å²) in [5.74, 6) is 0.0776. The van der Waals surface area contributed by atoms with E-state index in [-0.39, 0.29) is 11.4 Å². The SMILES string of the molecule is COC1(CN2Cc3ccc(F)cc3C2=N)CCOC1. The van der Waals surface area contributed by atoms with Gasteiger partial charge >= 0.3 is 0 Å². The summed E-state index contributed by atoms with van der Waals surface area (Å²) in [7, 11) is 1.68. The Hall–Kier alpha value is -1.46. The van der Waals surface area contributed by atoms with Crippen LogP contribution in [-0.2, 0) is 16.0 Å². The van der Waals surface area contributed by atoms with Crippen molar-refractivity contribution in [2.24, 2.45) is 0 Å². The van der Waals surface area contributed by atoms with Crippen LogP contribution >= 0.6 is 0 Å². The van der Waals surface area contributed by atoms with Crippen LogP contribution in [0.4, 0.5) is 4.39 Å². The fourth-order valence-corrected chi connectivity index (χ4v) is 2.78. The van der Waals surface area contributed by atoms with Gasteiger partial charge in [0.2, 0.25) is 0 Å². The Morgan fingerprint density at radius 3 is 3.05 bits per heavy atom. The van der Waals surface area contributed by atoms with E-state index in [4.69, 9.17) is 14.9 Å². The molecule has 2 aliphatic heterocycles. The molecule has 0 saturated carbocycles. The summed E-state index contributed by atoms with van der Waals surface area (Å²) < 4.78 is 24.3. The molecule has 1 atom stereocenters. The summed E-state index contributed by atoms with van der Waals surface area (Å²) >= 11 is 0. The minimum atomic E-state index is -0.340. The molecule has 0 spiro atoms. The third-order valence-electron chi connectivity index (χ3n) is 3.98. The molecule has 0 bridgehead atoms. The van der Waals surface area contributed by atoms with Crippen molar-refractivity contribution in [3.8, 4) is 0 Å². The van der Waals surface area contributed by atoms with E-state index in [1.165, 1.54) is 12.1 Å². The molecule has 1 aromatic rings. The Morgan fingerprint density at radius 2 is 2.37 bits per heavy atom. The molecule has 0 radical (unpaired) electrons. The van der Waals surface area contributed by atoms with Crippen LogP contribution in [0.2, 0.25) is 0 Å². The Labute approximate surface area is 111 Å². The van der Waals surface area contributed by atoms with E-state index in [9.17, 15) is 4.39 Å². The normalized spacial score (nSPS) is 26.0. The van der Waals surface area contributed by atoms with Gasteiger partial charge in [-0.1, -0.05) is 6.07 Å². The molecule has 1 unspecified atom stereocenters. The molecule has 2 heterocycles. The van der Waals surface area contributed by atoms with Gasteiger partial charge in [0.1, 0.15) is 17.3 Å². The van der Waals surface area contributed by atoms with Gasteiger partial charge in [0, 0.05) is 32.2 Å². The summed E-state index contributed by atoms with van der Waals surface area (Å²) in [4.78, 5) is 1.93. The fourth-order valence-electron chi connectivity index (χ4n) is 2.78. The molecule has 2 aliphatic rings. The molecule has 5 heteroatoms. The molecule has 0 amide bonds. The topological polar surface area (TPSA) is 45.5 Å². The van der Waals surface area contributed by atoms with Crippen LogP contribution in [0.25, 0.3) is 0 Å². The van der Waals surface area contributed by atoms with Gasteiger partial charge in [-0.3, -0.25) is 5.41 Å². The van der Waals surface area contributed by atoms with Crippen LogP contribution in [0.3, 0.4) is 0 Å². The van der Waals surface area contributed by atoms with Gasteiger partial charge in [-0.05, 0) is 17.7 Å². The fraction of sp³-hybridized carbons (Fsp3) is 0.500. The van der Waals surface area contributed by atoms with Crippen LogP contribution in [0, 0.1) is 11.2 Å². The number of benzene rings is 1. The Balaban J connectivity index is 1.80.